The number of hydrogen-bond acceptors (Lipinski definition) is 3. The molecule has 1 atom stereocenters. The third-order valence-electron chi connectivity index (χ3n) is 2.81. The highest BCUT2D eigenvalue weighted by molar-refractivity contribution is 4.77. The molecule has 3 nitrogen and oxygen atoms in total. The second-order valence-corrected chi connectivity index (χ2v) is 6.33. The molecule has 0 aliphatic carbocycles. The Hall–Kier alpha value is -0.540. The molecule has 0 fully saturated rings. The molecule has 0 aromatic carbocycles. The van der Waals surface area contributed by atoms with Crippen LogP contribution in [0.2, 0.25) is 0 Å². The first-order valence-electron chi connectivity index (χ1n) is 7.56. The van der Waals surface area contributed by atoms with E-state index in [0.29, 0.717) is 5.76 Å². The molecular formula is C16H33NO2. The molecule has 0 saturated heterocycles. The van der Waals surface area contributed by atoms with E-state index in [4.69, 9.17) is 9.84 Å². The van der Waals surface area contributed by atoms with Crippen LogP contribution in [-0.2, 0) is 4.74 Å². The van der Waals surface area contributed by atoms with E-state index in [2.05, 4.69) is 39.6 Å². The molecule has 0 rings (SSSR count). The summed E-state index contributed by atoms with van der Waals surface area (Å²) in [5.41, 5.74) is -0.0577. The Morgan fingerprint density at radius 1 is 1.16 bits per heavy atom. The third kappa shape index (κ3) is 15.4. The van der Waals surface area contributed by atoms with Crippen LogP contribution < -0.4 is 5.32 Å². The molecule has 2 N–H and O–H groups in total. The fourth-order valence-corrected chi connectivity index (χ4v) is 2.06. The molecule has 0 radical (unpaired) electrons. The molecule has 0 aromatic heterocycles. The van der Waals surface area contributed by atoms with Crippen molar-refractivity contribution in [2.75, 3.05) is 13.1 Å². The zero-order valence-corrected chi connectivity index (χ0v) is 13.3. The predicted molar refractivity (Wildman–Crippen MR) is 82.6 cm³/mol. The van der Waals surface area contributed by atoms with Crippen LogP contribution >= 0.6 is 0 Å². The lowest BCUT2D eigenvalue weighted by atomic mass is 10.1. The van der Waals surface area contributed by atoms with Gasteiger partial charge < -0.3 is 15.2 Å². The van der Waals surface area contributed by atoms with E-state index in [1.807, 2.05) is 0 Å². The van der Waals surface area contributed by atoms with E-state index < -0.39 is 0 Å². The maximum absolute atomic E-state index is 8.94. The number of nitrogens with one attached hydrogen (secondary N) is 1. The zero-order valence-electron chi connectivity index (χ0n) is 13.3. The average molecular weight is 271 g/mol. The second kappa shape index (κ2) is 10.3. The van der Waals surface area contributed by atoms with Crippen LogP contribution in [0.25, 0.3) is 0 Å². The summed E-state index contributed by atoms with van der Waals surface area (Å²) in [6, 6.07) is 0. The van der Waals surface area contributed by atoms with E-state index in [1.165, 1.54) is 25.7 Å². The van der Waals surface area contributed by atoms with E-state index in [1.54, 1.807) is 0 Å². The van der Waals surface area contributed by atoms with E-state index >= 15 is 0 Å². The first kappa shape index (κ1) is 18.5. The molecule has 1 unspecified atom stereocenters. The largest absolute Gasteiger partial charge is 0.513 e. The average Bonchev–Trinajstić information content (AvgIpc) is 2.24. The van der Waals surface area contributed by atoms with Crippen molar-refractivity contribution in [3.05, 3.63) is 12.3 Å². The Bertz CT molecular complexity index is 233. The number of unbranched alkanes of at least 4 members (excludes halogenated alkanes) is 4. The molecule has 0 bridgehead atoms. The van der Waals surface area contributed by atoms with Gasteiger partial charge in [0.2, 0.25) is 0 Å². The van der Waals surface area contributed by atoms with E-state index in [0.717, 1.165) is 25.9 Å². The van der Waals surface area contributed by atoms with Crippen molar-refractivity contribution in [2.45, 2.75) is 77.9 Å². The van der Waals surface area contributed by atoms with Crippen molar-refractivity contribution in [3.63, 3.8) is 0 Å². The van der Waals surface area contributed by atoms with Gasteiger partial charge in [0, 0.05) is 13.0 Å². The van der Waals surface area contributed by atoms with Crippen LogP contribution in [0.4, 0.5) is 0 Å². The van der Waals surface area contributed by atoms with Crippen molar-refractivity contribution in [3.8, 4) is 0 Å². The second-order valence-electron chi connectivity index (χ2n) is 6.33. The van der Waals surface area contributed by atoms with Crippen molar-refractivity contribution in [1.82, 2.24) is 5.32 Å². The van der Waals surface area contributed by atoms with Crippen LogP contribution in [-0.4, -0.2) is 29.9 Å². The summed E-state index contributed by atoms with van der Waals surface area (Å²) in [4.78, 5) is 0. The van der Waals surface area contributed by atoms with Crippen LogP contribution in [0.3, 0.4) is 0 Å². The van der Waals surface area contributed by atoms with Gasteiger partial charge in [-0.1, -0.05) is 25.8 Å². The van der Waals surface area contributed by atoms with Crippen molar-refractivity contribution in [1.29, 1.82) is 0 Å². The van der Waals surface area contributed by atoms with Crippen molar-refractivity contribution < 1.29 is 9.84 Å². The normalized spacial score (nSPS) is 13.5. The summed E-state index contributed by atoms with van der Waals surface area (Å²) in [6.07, 6.45) is 6.95. The fourth-order valence-electron chi connectivity index (χ4n) is 2.06. The highest BCUT2D eigenvalue weighted by atomic mass is 16.5. The maximum Gasteiger partial charge on any atom is 0.0851 e. The molecule has 0 saturated carbocycles. The number of rotatable bonds is 11. The fraction of sp³-hybridized carbons (Fsp3) is 0.875. The number of allylic oxidation sites excluding steroid dienone is 1. The van der Waals surface area contributed by atoms with Crippen LogP contribution in [0.1, 0.15) is 66.2 Å². The Labute approximate surface area is 119 Å². The van der Waals surface area contributed by atoms with Gasteiger partial charge in [-0.15, -0.1) is 0 Å². The summed E-state index contributed by atoms with van der Waals surface area (Å²) in [5, 5.41) is 12.4. The van der Waals surface area contributed by atoms with Crippen molar-refractivity contribution >= 4 is 0 Å². The third-order valence-corrected chi connectivity index (χ3v) is 2.81. The van der Waals surface area contributed by atoms with E-state index in [-0.39, 0.29) is 11.7 Å². The Kier molecular flexibility index (Phi) is 9.98. The quantitative estimate of drug-likeness (QED) is 0.437. The van der Waals surface area contributed by atoms with Gasteiger partial charge in [0.05, 0.1) is 17.5 Å². The minimum absolute atomic E-state index is 0.0577. The van der Waals surface area contributed by atoms with E-state index in [9.17, 15) is 0 Å². The minimum Gasteiger partial charge on any atom is -0.513 e. The lowest BCUT2D eigenvalue weighted by molar-refractivity contribution is -0.0497. The highest BCUT2D eigenvalue weighted by Gasteiger charge is 2.14. The van der Waals surface area contributed by atoms with Gasteiger partial charge in [0.1, 0.15) is 0 Å². The number of ether oxygens (including phenoxy) is 1. The standard InChI is InChI=1S/C16H33NO2/c1-14(18)11-9-7-6-8-10-12-17-13-15(2)19-16(3,4)5/h15,17-18H,1,6-13H2,2-5H3. The molecule has 0 aliphatic rings. The van der Waals surface area contributed by atoms with Gasteiger partial charge in [0.25, 0.3) is 0 Å². The first-order valence-corrected chi connectivity index (χ1v) is 7.56. The lowest BCUT2D eigenvalue weighted by Crippen LogP contribution is -2.33. The molecule has 0 aliphatic heterocycles. The predicted octanol–water partition coefficient (Wildman–Crippen LogP) is 4.19. The molecular weight excluding hydrogens is 238 g/mol. The Morgan fingerprint density at radius 3 is 2.32 bits per heavy atom. The van der Waals surface area contributed by atoms with Gasteiger partial charge in [-0.2, -0.15) is 0 Å². The molecule has 114 valence electrons. The summed E-state index contributed by atoms with van der Waals surface area (Å²) in [6.45, 7) is 13.8. The maximum atomic E-state index is 8.94. The van der Waals surface area contributed by atoms with Gasteiger partial charge in [-0.3, -0.25) is 0 Å². The number of aliphatic hydroxyl groups is 1. The van der Waals surface area contributed by atoms with Gasteiger partial charge >= 0.3 is 0 Å². The van der Waals surface area contributed by atoms with Gasteiger partial charge in [-0.25, -0.2) is 0 Å². The summed E-state index contributed by atoms with van der Waals surface area (Å²) < 4.78 is 5.83. The zero-order chi connectivity index (χ0) is 14.7. The summed E-state index contributed by atoms with van der Waals surface area (Å²) >= 11 is 0. The monoisotopic (exact) mass is 271 g/mol. The highest BCUT2D eigenvalue weighted by Crippen LogP contribution is 2.10. The molecule has 3 heteroatoms. The topological polar surface area (TPSA) is 41.5 Å². The molecule has 19 heavy (non-hydrogen) atoms. The van der Waals surface area contributed by atoms with Crippen LogP contribution in [0.5, 0.6) is 0 Å². The molecule has 0 aromatic rings. The van der Waals surface area contributed by atoms with Crippen LogP contribution in [0.15, 0.2) is 12.3 Å². The number of hydrogen-bond donors (Lipinski definition) is 2. The van der Waals surface area contributed by atoms with Crippen molar-refractivity contribution in [2.24, 2.45) is 0 Å². The Morgan fingerprint density at radius 2 is 1.74 bits per heavy atom. The lowest BCUT2D eigenvalue weighted by Gasteiger charge is -2.25. The number of aliphatic hydroxyl groups excluding tert-OH is 1. The van der Waals surface area contributed by atoms with Gasteiger partial charge in [-0.05, 0) is 47.1 Å². The van der Waals surface area contributed by atoms with Gasteiger partial charge in [0.15, 0.2) is 0 Å². The molecule has 0 amide bonds. The van der Waals surface area contributed by atoms with Crippen LogP contribution in [0, 0.1) is 0 Å². The molecule has 0 spiro atoms. The minimum atomic E-state index is -0.0577. The first-order chi connectivity index (χ1) is 8.81. The molecule has 0 heterocycles. The summed E-state index contributed by atoms with van der Waals surface area (Å²) in [5.74, 6) is 0.314. The smallest absolute Gasteiger partial charge is 0.0851 e. The SMILES string of the molecule is C=C(O)CCCCCCCNCC(C)OC(C)(C)C. The summed E-state index contributed by atoms with van der Waals surface area (Å²) in [7, 11) is 0. The Balaban J connectivity index is 3.25.